The number of aromatic nitrogens is 1. The Bertz CT molecular complexity index is 341. The second-order valence-electron chi connectivity index (χ2n) is 4.67. The van der Waals surface area contributed by atoms with Gasteiger partial charge in [0.1, 0.15) is 0 Å². The molecule has 1 amide bonds. The standard InChI is InChI=1S/C12H19N3O/c1-13-8-12(4-2-5-12)9-15-11(16)10-3-6-14-7-10/h3,6-7,13-14H,2,4-5,8-9H2,1H3,(H,15,16). The van der Waals surface area contributed by atoms with E-state index in [9.17, 15) is 4.79 Å². The molecule has 1 fully saturated rings. The Labute approximate surface area is 95.8 Å². The molecule has 0 spiro atoms. The molecule has 16 heavy (non-hydrogen) atoms. The minimum absolute atomic E-state index is 0.0172. The van der Waals surface area contributed by atoms with Crippen molar-refractivity contribution in [3.8, 4) is 0 Å². The van der Waals surface area contributed by atoms with E-state index >= 15 is 0 Å². The zero-order valence-electron chi connectivity index (χ0n) is 9.68. The highest BCUT2D eigenvalue weighted by Gasteiger charge is 2.36. The highest BCUT2D eigenvalue weighted by atomic mass is 16.1. The Balaban J connectivity index is 1.84. The molecule has 0 radical (unpaired) electrons. The van der Waals surface area contributed by atoms with Crippen LogP contribution in [0.2, 0.25) is 0 Å². The SMILES string of the molecule is CNCC1(CNC(=O)c2cc[nH]c2)CCC1. The Morgan fingerprint density at radius 2 is 2.31 bits per heavy atom. The molecule has 1 heterocycles. The fraction of sp³-hybridized carbons (Fsp3) is 0.583. The number of amides is 1. The van der Waals surface area contributed by atoms with Gasteiger partial charge in [0.15, 0.2) is 0 Å². The van der Waals surface area contributed by atoms with Gasteiger partial charge in [0.2, 0.25) is 0 Å². The predicted molar refractivity (Wildman–Crippen MR) is 63.3 cm³/mol. The van der Waals surface area contributed by atoms with Crippen LogP contribution in [0.15, 0.2) is 18.5 Å². The highest BCUT2D eigenvalue weighted by molar-refractivity contribution is 5.93. The summed E-state index contributed by atoms with van der Waals surface area (Å²) in [4.78, 5) is 14.6. The van der Waals surface area contributed by atoms with Gasteiger partial charge >= 0.3 is 0 Å². The molecule has 0 atom stereocenters. The molecule has 1 aliphatic carbocycles. The second kappa shape index (κ2) is 4.70. The van der Waals surface area contributed by atoms with Gasteiger partial charge in [0, 0.05) is 30.9 Å². The molecule has 4 heteroatoms. The molecule has 4 nitrogen and oxygen atoms in total. The molecule has 0 aromatic carbocycles. The lowest BCUT2D eigenvalue weighted by Gasteiger charge is -2.42. The van der Waals surface area contributed by atoms with Crippen molar-refractivity contribution in [2.45, 2.75) is 19.3 Å². The minimum atomic E-state index is 0.0172. The second-order valence-corrected chi connectivity index (χ2v) is 4.67. The molecule has 1 saturated carbocycles. The van der Waals surface area contributed by atoms with Crippen molar-refractivity contribution in [3.63, 3.8) is 0 Å². The maximum absolute atomic E-state index is 11.7. The van der Waals surface area contributed by atoms with Gasteiger partial charge < -0.3 is 15.6 Å². The Hall–Kier alpha value is -1.29. The number of carbonyl (C=O) groups excluding carboxylic acids is 1. The third-order valence-electron chi connectivity index (χ3n) is 3.45. The monoisotopic (exact) mass is 221 g/mol. The number of aromatic amines is 1. The average molecular weight is 221 g/mol. The summed E-state index contributed by atoms with van der Waals surface area (Å²) in [6.45, 7) is 1.76. The predicted octanol–water partition coefficient (Wildman–Crippen LogP) is 1.13. The molecule has 1 aromatic heterocycles. The number of nitrogens with one attached hydrogen (secondary N) is 3. The van der Waals surface area contributed by atoms with Crippen molar-refractivity contribution in [1.29, 1.82) is 0 Å². The highest BCUT2D eigenvalue weighted by Crippen LogP contribution is 2.39. The molecule has 3 N–H and O–H groups in total. The number of H-pyrrole nitrogens is 1. The van der Waals surface area contributed by atoms with Crippen molar-refractivity contribution >= 4 is 5.91 Å². The van der Waals surface area contributed by atoms with Crippen LogP contribution in [0.3, 0.4) is 0 Å². The van der Waals surface area contributed by atoms with Crippen LogP contribution in [0.25, 0.3) is 0 Å². The van der Waals surface area contributed by atoms with Gasteiger partial charge in [-0.25, -0.2) is 0 Å². The summed E-state index contributed by atoms with van der Waals surface area (Å²) in [6, 6.07) is 1.79. The van der Waals surface area contributed by atoms with Crippen LogP contribution in [0, 0.1) is 5.41 Å². The topological polar surface area (TPSA) is 56.9 Å². The van der Waals surface area contributed by atoms with Crippen LogP contribution < -0.4 is 10.6 Å². The lowest BCUT2D eigenvalue weighted by molar-refractivity contribution is 0.0862. The van der Waals surface area contributed by atoms with Crippen LogP contribution in [0.5, 0.6) is 0 Å². The first-order valence-electron chi connectivity index (χ1n) is 5.81. The van der Waals surface area contributed by atoms with E-state index in [0.717, 1.165) is 13.1 Å². The van der Waals surface area contributed by atoms with Crippen molar-refractivity contribution in [2.75, 3.05) is 20.1 Å². The maximum atomic E-state index is 11.7. The minimum Gasteiger partial charge on any atom is -0.367 e. The molecule has 2 rings (SSSR count). The van der Waals surface area contributed by atoms with Crippen LogP contribution >= 0.6 is 0 Å². The normalized spacial score (nSPS) is 17.8. The summed E-state index contributed by atoms with van der Waals surface area (Å²) < 4.78 is 0. The zero-order valence-corrected chi connectivity index (χ0v) is 9.68. The maximum Gasteiger partial charge on any atom is 0.252 e. The van der Waals surface area contributed by atoms with Gasteiger partial charge in [0.05, 0.1) is 5.56 Å². The summed E-state index contributed by atoms with van der Waals surface area (Å²) in [5, 5.41) is 6.23. The molecule has 0 unspecified atom stereocenters. The fourth-order valence-corrected chi connectivity index (χ4v) is 2.30. The van der Waals surface area contributed by atoms with E-state index in [2.05, 4.69) is 15.6 Å². The van der Waals surface area contributed by atoms with Crippen molar-refractivity contribution in [1.82, 2.24) is 15.6 Å². The lowest BCUT2D eigenvalue weighted by atomic mass is 9.68. The van der Waals surface area contributed by atoms with Crippen molar-refractivity contribution < 1.29 is 4.79 Å². The molecular weight excluding hydrogens is 202 g/mol. The molecular formula is C12H19N3O. The zero-order chi connectivity index (χ0) is 11.4. The fourth-order valence-electron chi connectivity index (χ4n) is 2.30. The quantitative estimate of drug-likeness (QED) is 0.698. The van der Waals surface area contributed by atoms with Crippen molar-refractivity contribution in [3.05, 3.63) is 24.0 Å². The largest absolute Gasteiger partial charge is 0.367 e. The summed E-state index contributed by atoms with van der Waals surface area (Å²) in [6.07, 6.45) is 7.19. The molecule has 0 aliphatic heterocycles. The Morgan fingerprint density at radius 3 is 2.81 bits per heavy atom. The molecule has 88 valence electrons. The molecule has 1 aliphatic rings. The molecule has 1 aromatic rings. The first kappa shape index (κ1) is 11.2. The van der Waals surface area contributed by atoms with Gasteiger partial charge in [-0.1, -0.05) is 6.42 Å². The third-order valence-corrected chi connectivity index (χ3v) is 3.45. The summed E-state index contributed by atoms with van der Waals surface area (Å²) in [7, 11) is 1.97. The number of hydrogen-bond acceptors (Lipinski definition) is 2. The van der Waals surface area contributed by atoms with Crippen molar-refractivity contribution in [2.24, 2.45) is 5.41 Å². The van der Waals surface area contributed by atoms with Gasteiger partial charge in [-0.2, -0.15) is 0 Å². The first-order chi connectivity index (χ1) is 7.76. The van der Waals surface area contributed by atoms with E-state index in [1.54, 1.807) is 18.5 Å². The van der Waals surface area contributed by atoms with Crippen LogP contribution in [0.4, 0.5) is 0 Å². The Kier molecular flexibility index (Phi) is 3.29. The summed E-state index contributed by atoms with van der Waals surface area (Å²) in [5.74, 6) is 0.0172. The summed E-state index contributed by atoms with van der Waals surface area (Å²) in [5.41, 5.74) is 1.000. The van der Waals surface area contributed by atoms with E-state index in [-0.39, 0.29) is 5.91 Å². The molecule has 0 saturated heterocycles. The smallest absolute Gasteiger partial charge is 0.252 e. The van der Waals surface area contributed by atoms with Gasteiger partial charge in [-0.15, -0.1) is 0 Å². The molecule has 0 bridgehead atoms. The van der Waals surface area contributed by atoms with Crippen LogP contribution in [-0.4, -0.2) is 31.0 Å². The number of rotatable bonds is 5. The lowest BCUT2D eigenvalue weighted by Crippen LogP contribution is -2.47. The van der Waals surface area contributed by atoms with Crippen LogP contribution in [-0.2, 0) is 0 Å². The number of hydrogen-bond donors (Lipinski definition) is 3. The van der Waals surface area contributed by atoms with Gasteiger partial charge in [0.25, 0.3) is 5.91 Å². The van der Waals surface area contributed by atoms with E-state index in [1.165, 1.54) is 19.3 Å². The number of carbonyl (C=O) groups is 1. The summed E-state index contributed by atoms with van der Waals surface area (Å²) >= 11 is 0. The van der Waals surface area contributed by atoms with E-state index in [1.807, 2.05) is 7.05 Å². The van der Waals surface area contributed by atoms with E-state index in [4.69, 9.17) is 0 Å². The average Bonchev–Trinajstić information content (AvgIpc) is 2.74. The first-order valence-corrected chi connectivity index (χ1v) is 5.81. The van der Waals surface area contributed by atoms with Crippen LogP contribution in [0.1, 0.15) is 29.6 Å². The van der Waals surface area contributed by atoms with E-state index < -0.39 is 0 Å². The Morgan fingerprint density at radius 1 is 1.50 bits per heavy atom. The van der Waals surface area contributed by atoms with E-state index in [0.29, 0.717) is 11.0 Å². The van der Waals surface area contributed by atoms with Gasteiger partial charge in [-0.3, -0.25) is 4.79 Å². The third kappa shape index (κ3) is 2.27. The van der Waals surface area contributed by atoms with Gasteiger partial charge in [-0.05, 0) is 26.0 Å².